The van der Waals surface area contributed by atoms with Crippen molar-refractivity contribution in [3.05, 3.63) is 70.8 Å². The van der Waals surface area contributed by atoms with Crippen LogP contribution in [0.4, 0.5) is 13.2 Å². The maximum atomic E-state index is 12.6. The van der Waals surface area contributed by atoms with Crippen molar-refractivity contribution in [2.75, 3.05) is 13.2 Å². The summed E-state index contributed by atoms with van der Waals surface area (Å²) in [4.78, 5) is 36.1. The summed E-state index contributed by atoms with van der Waals surface area (Å²) < 4.78 is 40.9. The first-order valence-electron chi connectivity index (χ1n) is 7.88. The average molecular weight is 379 g/mol. The molecule has 0 spiro atoms. The van der Waals surface area contributed by atoms with E-state index in [1.54, 1.807) is 35.6 Å². The number of carbonyl (C=O) groups excluding carboxylic acids is 3. The van der Waals surface area contributed by atoms with Crippen LogP contribution in [0.15, 0.2) is 48.5 Å². The summed E-state index contributed by atoms with van der Waals surface area (Å²) in [5.74, 6) is -2.49. The number of alkyl halides is 3. The van der Waals surface area contributed by atoms with Gasteiger partial charge in [0.2, 0.25) is 0 Å². The molecule has 2 aromatic rings. The fourth-order valence-electron chi connectivity index (χ4n) is 2.18. The Balaban J connectivity index is 2.08. The predicted octanol–water partition coefficient (Wildman–Crippen LogP) is 3.06. The minimum atomic E-state index is -4.56. The summed E-state index contributed by atoms with van der Waals surface area (Å²) in [5.41, 5.74) is 1.32. The number of hydrogen-bond donors (Lipinski definition) is 1. The summed E-state index contributed by atoms with van der Waals surface area (Å²) in [6.45, 7) is -0.544. The van der Waals surface area contributed by atoms with Gasteiger partial charge in [-0.05, 0) is 13.0 Å². The molecule has 2 rings (SSSR count). The summed E-state index contributed by atoms with van der Waals surface area (Å²) >= 11 is 0. The van der Waals surface area contributed by atoms with Crippen LogP contribution in [0.25, 0.3) is 0 Å². The van der Waals surface area contributed by atoms with Crippen LogP contribution in [-0.4, -0.2) is 37.0 Å². The van der Waals surface area contributed by atoms with Crippen molar-refractivity contribution in [2.45, 2.75) is 13.1 Å². The number of aryl methyl sites for hydroxylation is 1. The van der Waals surface area contributed by atoms with Crippen LogP contribution in [0, 0.1) is 6.92 Å². The lowest BCUT2D eigenvalue weighted by molar-refractivity contribution is -0.140. The number of halogens is 3. The van der Waals surface area contributed by atoms with Crippen molar-refractivity contribution < 1.29 is 32.3 Å². The van der Waals surface area contributed by atoms with E-state index in [9.17, 15) is 27.6 Å². The van der Waals surface area contributed by atoms with Crippen LogP contribution >= 0.6 is 0 Å². The Morgan fingerprint density at radius 2 is 1.56 bits per heavy atom. The first-order valence-corrected chi connectivity index (χ1v) is 7.88. The SMILES string of the molecule is Cc1ccc(C(=O)c2ccccc2C(=O)OCC(=O)NCC(F)(F)F)cc1. The number of ether oxygens (including phenoxy) is 1. The molecule has 0 radical (unpaired) electrons. The molecule has 8 heteroatoms. The van der Waals surface area contributed by atoms with E-state index in [0.717, 1.165) is 5.56 Å². The molecular formula is C19H16F3NO4. The molecule has 5 nitrogen and oxygen atoms in total. The van der Waals surface area contributed by atoms with Crippen molar-refractivity contribution in [1.29, 1.82) is 0 Å². The Kier molecular flexibility index (Phi) is 6.33. The van der Waals surface area contributed by atoms with Crippen molar-refractivity contribution in [3.63, 3.8) is 0 Å². The van der Waals surface area contributed by atoms with Gasteiger partial charge in [0.1, 0.15) is 6.54 Å². The molecule has 1 amide bonds. The summed E-state index contributed by atoms with van der Waals surface area (Å²) in [6, 6.07) is 12.6. The second-order valence-corrected chi connectivity index (χ2v) is 5.71. The monoisotopic (exact) mass is 379 g/mol. The molecular weight excluding hydrogens is 363 g/mol. The summed E-state index contributed by atoms with van der Waals surface area (Å²) in [5, 5.41) is 1.59. The van der Waals surface area contributed by atoms with Gasteiger partial charge in [-0.15, -0.1) is 0 Å². The highest BCUT2D eigenvalue weighted by molar-refractivity contribution is 6.14. The lowest BCUT2D eigenvalue weighted by atomic mass is 9.98. The maximum absolute atomic E-state index is 12.6. The standard InChI is InChI=1S/C19H16F3NO4/c1-12-6-8-13(9-7-12)17(25)14-4-2-3-5-15(14)18(26)27-10-16(24)23-11-19(20,21)22/h2-9H,10-11H2,1H3,(H,23,24). The number of benzene rings is 2. The molecule has 1 N–H and O–H groups in total. The van der Waals surface area contributed by atoms with Gasteiger partial charge in [-0.1, -0.05) is 48.0 Å². The average Bonchev–Trinajstić information content (AvgIpc) is 2.64. The van der Waals surface area contributed by atoms with Gasteiger partial charge in [0.25, 0.3) is 5.91 Å². The van der Waals surface area contributed by atoms with Crippen molar-refractivity contribution >= 4 is 17.7 Å². The van der Waals surface area contributed by atoms with Gasteiger partial charge >= 0.3 is 12.1 Å². The van der Waals surface area contributed by atoms with E-state index < -0.39 is 37.0 Å². The van der Waals surface area contributed by atoms with E-state index in [4.69, 9.17) is 4.74 Å². The normalized spacial score (nSPS) is 11.0. The van der Waals surface area contributed by atoms with E-state index in [0.29, 0.717) is 5.56 Å². The number of rotatable bonds is 6. The Bertz CT molecular complexity index is 845. The second-order valence-electron chi connectivity index (χ2n) is 5.71. The molecule has 0 aliphatic rings. The van der Waals surface area contributed by atoms with Gasteiger partial charge in [0.05, 0.1) is 5.56 Å². The molecule has 142 valence electrons. The number of ketones is 1. The molecule has 0 atom stereocenters. The van der Waals surface area contributed by atoms with Crippen LogP contribution < -0.4 is 5.32 Å². The Morgan fingerprint density at radius 3 is 2.15 bits per heavy atom. The minimum Gasteiger partial charge on any atom is -0.452 e. The van der Waals surface area contributed by atoms with E-state index >= 15 is 0 Å². The predicted molar refractivity (Wildman–Crippen MR) is 90.4 cm³/mol. The van der Waals surface area contributed by atoms with Crippen LogP contribution in [0.5, 0.6) is 0 Å². The highest BCUT2D eigenvalue weighted by atomic mass is 19.4. The number of esters is 1. The lowest BCUT2D eigenvalue weighted by Gasteiger charge is -2.10. The summed E-state index contributed by atoms with van der Waals surface area (Å²) in [7, 11) is 0. The molecule has 0 bridgehead atoms. The zero-order chi connectivity index (χ0) is 20.0. The number of carbonyl (C=O) groups is 3. The number of amides is 1. The molecule has 0 saturated heterocycles. The van der Waals surface area contributed by atoms with Crippen LogP contribution in [-0.2, 0) is 9.53 Å². The topological polar surface area (TPSA) is 72.5 Å². The summed E-state index contributed by atoms with van der Waals surface area (Å²) in [6.07, 6.45) is -4.56. The molecule has 0 aromatic heterocycles. The first kappa shape index (κ1) is 20.2. The first-order chi connectivity index (χ1) is 12.7. The van der Waals surface area contributed by atoms with Crippen molar-refractivity contribution in [2.24, 2.45) is 0 Å². The highest BCUT2D eigenvalue weighted by Gasteiger charge is 2.28. The third-order valence-electron chi connectivity index (χ3n) is 3.53. The van der Waals surface area contributed by atoms with E-state index in [1.807, 2.05) is 6.92 Å². The zero-order valence-electron chi connectivity index (χ0n) is 14.3. The largest absolute Gasteiger partial charge is 0.452 e. The van der Waals surface area contributed by atoms with Gasteiger partial charge in [-0.3, -0.25) is 9.59 Å². The fourth-order valence-corrected chi connectivity index (χ4v) is 2.18. The second kappa shape index (κ2) is 8.48. The highest BCUT2D eigenvalue weighted by Crippen LogP contribution is 2.16. The van der Waals surface area contributed by atoms with Gasteiger partial charge in [-0.2, -0.15) is 13.2 Å². The lowest BCUT2D eigenvalue weighted by Crippen LogP contribution is -2.36. The quantitative estimate of drug-likeness (QED) is 0.619. The number of hydrogen-bond acceptors (Lipinski definition) is 4. The van der Waals surface area contributed by atoms with E-state index in [2.05, 4.69) is 0 Å². The van der Waals surface area contributed by atoms with Crippen LogP contribution in [0.3, 0.4) is 0 Å². The molecule has 0 saturated carbocycles. The Labute approximate surface area is 153 Å². The van der Waals surface area contributed by atoms with Gasteiger partial charge in [0.15, 0.2) is 12.4 Å². The Morgan fingerprint density at radius 1 is 0.963 bits per heavy atom. The smallest absolute Gasteiger partial charge is 0.405 e. The zero-order valence-corrected chi connectivity index (χ0v) is 14.3. The van der Waals surface area contributed by atoms with Crippen molar-refractivity contribution in [1.82, 2.24) is 5.32 Å². The fraction of sp³-hybridized carbons (Fsp3) is 0.211. The molecule has 0 heterocycles. The van der Waals surface area contributed by atoms with E-state index in [1.165, 1.54) is 18.2 Å². The maximum Gasteiger partial charge on any atom is 0.405 e. The Hall–Kier alpha value is -3.16. The van der Waals surface area contributed by atoms with Gasteiger partial charge in [0, 0.05) is 11.1 Å². The third-order valence-corrected chi connectivity index (χ3v) is 3.53. The van der Waals surface area contributed by atoms with E-state index in [-0.39, 0.29) is 11.1 Å². The van der Waals surface area contributed by atoms with Crippen LogP contribution in [0.1, 0.15) is 31.8 Å². The molecule has 0 aliphatic heterocycles. The molecule has 0 unspecified atom stereocenters. The molecule has 0 aliphatic carbocycles. The van der Waals surface area contributed by atoms with Gasteiger partial charge in [-0.25, -0.2) is 4.79 Å². The van der Waals surface area contributed by atoms with Gasteiger partial charge < -0.3 is 10.1 Å². The van der Waals surface area contributed by atoms with Crippen LogP contribution in [0.2, 0.25) is 0 Å². The third kappa shape index (κ3) is 5.95. The van der Waals surface area contributed by atoms with Crippen molar-refractivity contribution in [3.8, 4) is 0 Å². The minimum absolute atomic E-state index is 0.0713. The molecule has 0 fully saturated rings. The molecule has 27 heavy (non-hydrogen) atoms. The molecule has 2 aromatic carbocycles. The number of nitrogens with one attached hydrogen (secondary N) is 1.